The van der Waals surface area contributed by atoms with Crippen LogP contribution in [-0.4, -0.2) is 9.91 Å². The molecule has 0 aliphatic carbocycles. The van der Waals surface area contributed by atoms with Crippen molar-refractivity contribution in [3.63, 3.8) is 0 Å². The second-order valence-electron chi connectivity index (χ2n) is 2.31. The molecule has 0 amide bonds. The topological polar surface area (TPSA) is 76.0 Å². The lowest BCUT2D eigenvalue weighted by molar-refractivity contribution is -0.387. The Labute approximate surface area is 80.5 Å². The van der Waals surface area contributed by atoms with Crippen LogP contribution in [0.1, 0.15) is 12.0 Å². The molecule has 0 spiro atoms. The van der Waals surface area contributed by atoms with E-state index in [1.807, 2.05) is 4.98 Å². The highest BCUT2D eigenvalue weighted by molar-refractivity contribution is 6.29. The average Bonchev–Trinajstić information content (AvgIpc) is 2.01. The third-order valence-corrected chi connectivity index (χ3v) is 1.62. The van der Waals surface area contributed by atoms with Gasteiger partial charge in [-0.3, -0.25) is 14.9 Å². The highest BCUT2D eigenvalue weighted by atomic mass is 35.5. The van der Waals surface area contributed by atoms with E-state index in [4.69, 9.17) is 11.6 Å². The highest BCUT2D eigenvalue weighted by Gasteiger charge is 2.26. The number of nitrogens with one attached hydrogen (secondary N) is 1. The molecule has 76 valence electrons. The maximum atomic E-state index is 12.2. The normalized spacial score (nSPS) is 10.6. The van der Waals surface area contributed by atoms with Crippen molar-refractivity contribution >= 4 is 17.3 Å². The van der Waals surface area contributed by atoms with Gasteiger partial charge >= 0.3 is 11.2 Å². The number of hydrogen-bond acceptors (Lipinski definition) is 3. The molecule has 0 unspecified atom stereocenters. The number of halogens is 3. The van der Waals surface area contributed by atoms with E-state index in [2.05, 4.69) is 0 Å². The zero-order valence-electron chi connectivity index (χ0n) is 6.46. The molecule has 14 heavy (non-hydrogen) atoms. The summed E-state index contributed by atoms with van der Waals surface area (Å²) in [7, 11) is 0. The summed E-state index contributed by atoms with van der Waals surface area (Å²) in [5, 5.41) is 9.90. The molecule has 0 atom stereocenters. The second kappa shape index (κ2) is 3.70. The van der Waals surface area contributed by atoms with Crippen LogP contribution < -0.4 is 5.56 Å². The lowest BCUT2D eigenvalue weighted by Gasteiger charge is -2.00. The quantitative estimate of drug-likeness (QED) is 0.473. The molecule has 1 aromatic rings. The highest BCUT2D eigenvalue weighted by Crippen LogP contribution is 2.26. The molecule has 1 rings (SSSR count). The predicted molar refractivity (Wildman–Crippen MR) is 43.7 cm³/mol. The molecule has 0 fully saturated rings. The molecule has 0 aromatic carbocycles. The first-order chi connectivity index (χ1) is 6.43. The van der Waals surface area contributed by atoms with Crippen LogP contribution in [0.4, 0.5) is 14.5 Å². The number of alkyl halides is 2. The first kappa shape index (κ1) is 10.6. The van der Waals surface area contributed by atoms with Crippen LogP contribution in [0, 0.1) is 10.1 Å². The van der Waals surface area contributed by atoms with Crippen LogP contribution in [0.15, 0.2) is 10.9 Å². The van der Waals surface area contributed by atoms with Gasteiger partial charge < -0.3 is 4.98 Å². The van der Waals surface area contributed by atoms with Gasteiger partial charge in [0.2, 0.25) is 0 Å². The summed E-state index contributed by atoms with van der Waals surface area (Å²) in [6, 6.07) is 0.658. The number of aromatic amines is 1. The smallest absolute Gasteiger partial charge is 0.307 e. The second-order valence-corrected chi connectivity index (χ2v) is 2.72. The van der Waals surface area contributed by atoms with Crippen molar-refractivity contribution in [2.75, 3.05) is 0 Å². The molecule has 0 aliphatic heterocycles. The van der Waals surface area contributed by atoms with Crippen molar-refractivity contribution in [3.05, 3.63) is 37.3 Å². The minimum Gasteiger partial charge on any atom is -0.307 e. The molecule has 0 radical (unpaired) electrons. The van der Waals surface area contributed by atoms with Crippen molar-refractivity contribution in [3.8, 4) is 0 Å². The van der Waals surface area contributed by atoms with Crippen molar-refractivity contribution in [2.45, 2.75) is 6.43 Å². The van der Waals surface area contributed by atoms with Gasteiger partial charge in [-0.25, -0.2) is 8.78 Å². The molecule has 1 heterocycles. The molecule has 0 saturated heterocycles. The Morgan fingerprint density at radius 1 is 1.57 bits per heavy atom. The van der Waals surface area contributed by atoms with Crippen molar-refractivity contribution in [1.82, 2.24) is 4.98 Å². The van der Waals surface area contributed by atoms with E-state index in [0.717, 1.165) is 0 Å². The Kier molecular flexibility index (Phi) is 2.80. The zero-order chi connectivity index (χ0) is 10.9. The summed E-state index contributed by atoms with van der Waals surface area (Å²) in [5.41, 5.74) is -3.40. The molecule has 0 saturated carbocycles. The average molecular weight is 225 g/mol. The van der Waals surface area contributed by atoms with Gasteiger partial charge in [0.25, 0.3) is 6.43 Å². The Bertz CT molecular complexity index is 432. The van der Waals surface area contributed by atoms with Gasteiger partial charge in [-0.05, 0) is 6.07 Å². The third-order valence-electron chi connectivity index (χ3n) is 1.42. The monoisotopic (exact) mass is 224 g/mol. The number of nitrogens with zero attached hydrogens (tertiary/aromatic N) is 1. The van der Waals surface area contributed by atoms with E-state index < -0.39 is 28.2 Å². The van der Waals surface area contributed by atoms with Gasteiger partial charge in [-0.15, -0.1) is 0 Å². The first-order valence-electron chi connectivity index (χ1n) is 3.28. The van der Waals surface area contributed by atoms with Crippen LogP contribution in [0.3, 0.4) is 0 Å². The van der Waals surface area contributed by atoms with E-state index in [-0.39, 0.29) is 5.15 Å². The fourth-order valence-electron chi connectivity index (χ4n) is 0.894. The molecule has 8 heteroatoms. The van der Waals surface area contributed by atoms with Crippen molar-refractivity contribution < 1.29 is 13.7 Å². The van der Waals surface area contributed by atoms with E-state index in [1.165, 1.54) is 0 Å². The van der Waals surface area contributed by atoms with E-state index in [0.29, 0.717) is 6.07 Å². The van der Waals surface area contributed by atoms with Crippen LogP contribution in [0.2, 0.25) is 5.15 Å². The predicted octanol–water partition coefficient (Wildman–Crippen LogP) is 1.87. The van der Waals surface area contributed by atoms with Crippen LogP contribution in [0.5, 0.6) is 0 Å². The minimum atomic E-state index is -3.12. The van der Waals surface area contributed by atoms with Gasteiger partial charge in [0.05, 0.1) is 4.92 Å². The number of pyridine rings is 1. The van der Waals surface area contributed by atoms with Crippen LogP contribution >= 0.6 is 11.6 Å². The molecule has 1 N–H and O–H groups in total. The largest absolute Gasteiger partial charge is 0.342 e. The SMILES string of the molecule is O=c1[nH]c(Cl)cc(C(F)F)c1[N+](=O)[O-]. The summed E-state index contributed by atoms with van der Waals surface area (Å²) >= 11 is 5.26. The Hall–Kier alpha value is -1.50. The Balaban J connectivity index is 3.53. The van der Waals surface area contributed by atoms with Crippen molar-refractivity contribution in [1.29, 1.82) is 0 Å². The maximum Gasteiger partial charge on any atom is 0.342 e. The van der Waals surface area contributed by atoms with E-state index in [1.54, 1.807) is 0 Å². The van der Waals surface area contributed by atoms with E-state index >= 15 is 0 Å². The fourth-order valence-corrected chi connectivity index (χ4v) is 1.10. The molecule has 1 aromatic heterocycles. The van der Waals surface area contributed by atoms with Gasteiger partial charge in [0.15, 0.2) is 0 Å². The molecule has 0 bridgehead atoms. The van der Waals surface area contributed by atoms with Gasteiger partial charge in [0, 0.05) is 0 Å². The van der Waals surface area contributed by atoms with Crippen molar-refractivity contribution in [2.24, 2.45) is 0 Å². The van der Waals surface area contributed by atoms with E-state index in [9.17, 15) is 23.7 Å². The summed E-state index contributed by atoms with van der Waals surface area (Å²) in [6.07, 6.45) is -3.12. The number of rotatable bonds is 2. The number of H-pyrrole nitrogens is 1. The van der Waals surface area contributed by atoms with Gasteiger partial charge in [0.1, 0.15) is 10.7 Å². The molecule has 5 nitrogen and oxygen atoms in total. The number of aromatic nitrogens is 1. The first-order valence-corrected chi connectivity index (χ1v) is 3.66. The maximum absolute atomic E-state index is 12.2. The van der Waals surface area contributed by atoms with Crippen LogP contribution in [-0.2, 0) is 0 Å². The summed E-state index contributed by atoms with van der Waals surface area (Å²) in [6.45, 7) is 0. The Morgan fingerprint density at radius 3 is 2.57 bits per heavy atom. The lowest BCUT2D eigenvalue weighted by Crippen LogP contribution is -2.14. The number of nitro groups is 1. The van der Waals surface area contributed by atoms with Gasteiger partial charge in [-0.2, -0.15) is 0 Å². The summed E-state index contributed by atoms with van der Waals surface area (Å²) < 4.78 is 24.5. The summed E-state index contributed by atoms with van der Waals surface area (Å²) in [4.78, 5) is 21.8. The Morgan fingerprint density at radius 2 is 2.14 bits per heavy atom. The lowest BCUT2D eigenvalue weighted by atomic mass is 10.2. The summed E-state index contributed by atoms with van der Waals surface area (Å²) in [5.74, 6) is 0. The minimum absolute atomic E-state index is 0.365. The fraction of sp³-hybridized carbons (Fsp3) is 0.167. The molecule has 0 aliphatic rings. The zero-order valence-corrected chi connectivity index (χ0v) is 7.22. The van der Waals surface area contributed by atoms with Crippen LogP contribution in [0.25, 0.3) is 0 Å². The molecular weight excluding hydrogens is 222 g/mol. The number of hydrogen-bond donors (Lipinski definition) is 1. The third kappa shape index (κ3) is 1.87. The van der Waals surface area contributed by atoms with Gasteiger partial charge in [-0.1, -0.05) is 11.6 Å². The molecular formula is C6H3ClF2N2O3. The standard InChI is InChI=1S/C6H3ClF2N2O3/c7-3-1-2(5(8)9)4(11(13)14)6(12)10-3/h1,5H,(H,10,12).